The van der Waals surface area contributed by atoms with Gasteiger partial charge in [0.25, 0.3) is 0 Å². The van der Waals surface area contributed by atoms with Crippen LogP contribution in [0.15, 0.2) is 30.3 Å². The molecule has 3 rings (SSSR count). The van der Waals surface area contributed by atoms with Gasteiger partial charge in [-0.1, -0.05) is 57.5 Å². The summed E-state index contributed by atoms with van der Waals surface area (Å²) in [6.07, 6.45) is 3.58. The van der Waals surface area contributed by atoms with Crippen LogP contribution in [0.1, 0.15) is 58.6 Å². The van der Waals surface area contributed by atoms with Crippen LogP contribution in [0, 0.1) is 17.8 Å². The number of nitrogens with zero attached hydrogens (tertiary/aromatic N) is 1. The molecule has 0 amide bonds. The Labute approximate surface area is 146 Å². The molecule has 1 saturated heterocycles. The van der Waals surface area contributed by atoms with E-state index >= 15 is 0 Å². The molecule has 3 heteroatoms. The molecule has 1 aromatic carbocycles. The van der Waals surface area contributed by atoms with E-state index in [1.54, 1.807) is 0 Å². The lowest BCUT2D eigenvalue weighted by Crippen LogP contribution is -2.37. The monoisotopic (exact) mass is 329 g/mol. The van der Waals surface area contributed by atoms with Gasteiger partial charge in [-0.2, -0.15) is 0 Å². The Morgan fingerprint density at radius 1 is 1.17 bits per heavy atom. The Balaban J connectivity index is 1.57. The summed E-state index contributed by atoms with van der Waals surface area (Å²) in [5, 5.41) is 0. The second-order valence-corrected chi connectivity index (χ2v) is 8.10. The number of esters is 1. The van der Waals surface area contributed by atoms with Gasteiger partial charge in [-0.3, -0.25) is 9.69 Å². The van der Waals surface area contributed by atoms with Crippen molar-refractivity contribution < 1.29 is 9.53 Å². The Kier molecular flexibility index (Phi) is 5.29. The fourth-order valence-corrected chi connectivity index (χ4v) is 4.19. The van der Waals surface area contributed by atoms with E-state index in [1.807, 2.05) is 6.07 Å². The van der Waals surface area contributed by atoms with E-state index in [1.165, 1.54) is 18.4 Å². The largest absolute Gasteiger partial charge is 0.461 e. The van der Waals surface area contributed by atoms with Crippen LogP contribution in [0.5, 0.6) is 0 Å². The van der Waals surface area contributed by atoms with Crippen LogP contribution in [-0.4, -0.2) is 29.6 Å². The molecule has 24 heavy (non-hydrogen) atoms. The Morgan fingerprint density at radius 2 is 1.88 bits per heavy atom. The van der Waals surface area contributed by atoms with Gasteiger partial charge in [0.15, 0.2) is 0 Å². The predicted molar refractivity (Wildman–Crippen MR) is 96.6 cm³/mol. The minimum absolute atomic E-state index is 0.0115. The molecular formula is C21H31NO2. The lowest BCUT2D eigenvalue weighted by atomic mass is 9.75. The summed E-state index contributed by atoms with van der Waals surface area (Å²) in [5.41, 5.74) is 1.26. The Bertz CT molecular complexity index is 556. The van der Waals surface area contributed by atoms with Crippen LogP contribution in [0.25, 0.3) is 0 Å². The molecule has 6 atom stereocenters. The third kappa shape index (κ3) is 3.83. The topological polar surface area (TPSA) is 29.3 Å². The van der Waals surface area contributed by atoms with Gasteiger partial charge in [-0.15, -0.1) is 0 Å². The van der Waals surface area contributed by atoms with Crippen molar-refractivity contribution in [3.05, 3.63) is 35.9 Å². The van der Waals surface area contributed by atoms with E-state index in [9.17, 15) is 4.79 Å². The van der Waals surface area contributed by atoms with Gasteiger partial charge >= 0.3 is 5.97 Å². The highest BCUT2D eigenvalue weighted by Crippen LogP contribution is 2.37. The maximum atomic E-state index is 12.6. The number of carbonyl (C=O) groups is 1. The van der Waals surface area contributed by atoms with E-state index in [0.717, 1.165) is 13.0 Å². The van der Waals surface area contributed by atoms with Crippen molar-refractivity contribution in [1.29, 1.82) is 0 Å². The molecule has 2 fully saturated rings. The third-order valence-corrected chi connectivity index (χ3v) is 5.93. The first-order valence-electron chi connectivity index (χ1n) is 9.48. The summed E-state index contributed by atoms with van der Waals surface area (Å²) in [5.74, 6) is 1.75. The van der Waals surface area contributed by atoms with Crippen LogP contribution < -0.4 is 0 Å². The summed E-state index contributed by atoms with van der Waals surface area (Å²) >= 11 is 0. The van der Waals surface area contributed by atoms with Gasteiger partial charge in [0.2, 0.25) is 0 Å². The van der Waals surface area contributed by atoms with E-state index in [4.69, 9.17) is 4.74 Å². The standard InChI is InChI=1S/C21H31NO2/c1-14(2)18-11-10-15(3)12-20(18)24-21(23)19-13-22(19)16(4)17-8-6-5-7-9-17/h5-9,14-16,18-20H,10-13H2,1-4H3/t15?,16?,18?,19-,20?,22?/m1/s1. The number of rotatable bonds is 5. The highest BCUT2D eigenvalue weighted by Gasteiger charge is 2.46. The molecule has 0 bridgehead atoms. The zero-order valence-electron chi connectivity index (χ0n) is 15.4. The third-order valence-electron chi connectivity index (χ3n) is 5.93. The summed E-state index contributed by atoms with van der Waals surface area (Å²) < 4.78 is 6.00. The maximum absolute atomic E-state index is 12.6. The van der Waals surface area contributed by atoms with Crippen LogP contribution in [-0.2, 0) is 9.53 Å². The zero-order chi connectivity index (χ0) is 17.3. The van der Waals surface area contributed by atoms with E-state index < -0.39 is 0 Å². The summed E-state index contributed by atoms with van der Waals surface area (Å²) in [6.45, 7) is 9.77. The molecular weight excluding hydrogens is 298 g/mol. The Morgan fingerprint density at radius 3 is 2.54 bits per heavy atom. The zero-order valence-corrected chi connectivity index (χ0v) is 15.4. The van der Waals surface area contributed by atoms with Crippen molar-refractivity contribution in [3.63, 3.8) is 0 Å². The van der Waals surface area contributed by atoms with Gasteiger partial charge in [0.1, 0.15) is 12.1 Å². The number of hydrogen-bond donors (Lipinski definition) is 0. The number of hydrogen-bond acceptors (Lipinski definition) is 3. The van der Waals surface area contributed by atoms with Gasteiger partial charge in [-0.05, 0) is 43.1 Å². The highest BCUT2D eigenvalue weighted by molar-refractivity contribution is 5.79. The molecule has 3 nitrogen and oxygen atoms in total. The molecule has 1 saturated carbocycles. The first-order valence-corrected chi connectivity index (χ1v) is 9.48. The molecule has 0 radical (unpaired) electrons. The minimum atomic E-state index is -0.0507. The summed E-state index contributed by atoms with van der Waals surface area (Å²) in [6, 6.07) is 10.6. The van der Waals surface area contributed by atoms with Crippen molar-refractivity contribution in [2.24, 2.45) is 17.8 Å². The molecule has 0 spiro atoms. The predicted octanol–water partition coefficient (Wildman–Crippen LogP) is 4.44. The van der Waals surface area contributed by atoms with Crippen LogP contribution >= 0.6 is 0 Å². The SMILES string of the molecule is CC1CCC(C(C)C)C(OC(=O)[C@H]2CN2C(C)c2ccccc2)C1. The molecule has 1 heterocycles. The summed E-state index contributed by atoms with van der Waals surface area (Å²) in [4.78, 5) is 14.9. The average molecular weight is 329 g/mol. The maximum Gasteiger partial charge on any atom is 0.325 e. The first kappa shape index (κ1) is 17.5. The molecule has 1 aromatic rings. The minimum Gasteiger partial charge on any atom is -0.461 e. The number of carbonyl (C=O) groups excluding carboxylic acids is 1. The fraction of sp³-hybridized carbons (Fsp3) is 0.667. The lowest BCUT2D eigenvalue weighted by Gasteiger charge is -2.36. The van der Waals surface area contributed by atoms with Crippen molar-refractivity contribution in [1.82, 2.24) is 4.90 Å². The Hall–Kier alpha value is -1.35. The van der Waals surface area contributed by atoms with Crippen molar-refractivity contribution >= 4 is 5.97 Å². The van der Waals surface area contributed by atoms with Crippen molar-refractivity contribution in [3.8, 4) is 0 Å². The van der Waals surface area contributed by atoms with Crippen LogP contribution in [0.4, 0.5) is 0 Å². The normalized spacial score (nSPS) is 34.0. The lowest BCUT2D eigenvalue weighted by molar-refractivity contribution is -0.156. The smallest absolute Gasteiger partial charge is 0.325 e. The van der Waals surface area contributed by atoms with Crippen LogP contribution in [0.2, 0.25) is 0 Å². The molecule has 1 aliphatic heterocycles. The van der Waals surface area contributed by atoms with Crippen molar-refractivity contribution in [2.45, 2.75) is 65.1 Å². The second kappa shape index (κ2) is 7.26. The van der Waals surface area contributed by atoms with Gasteiger partial charge < -0.3 is 4.74 Å². The molecule has 0 N–H and O–H groups in total. The van der Waals surface area contributed by atoms with Crippen molar-refractivity contribution in [2.75, 3.05) is 6.54 Å². The second-order valence-electron chi connectivity index (χ2n) is 8.10. The van der Waals surface area contributed by atoms with Gasteiger partial charge in [0.05, 0.1) is 0 Å². The number of ether oxygens (including phenoxy) is 1. The van der Waals surface area contributed by atoms with E-state index in [2.05, 4.69) is 56.9 Å². The van der Waals surface area contributed by atoms with E-state index in [0.29, 0.717) is 17.8 Å². The molecule has 1 aliphatic carbocycles. The molecule has 132 valence electrons. The number of benzene rings is 1. The average Bonchev–Trinajstić information content (AvgIpc) is 3.35. The quantitative estimate of drug-likeness (QED) is 0.591. The fourth-order valence-electron chi connectivity index (χ4n) is 4.19. The molecule has 5 unspecified atom stereocenters. The highest BCUT2D eigenvalue weighted by atomic mass is 16.5. The molecule has 0 aromatic heterocycles. The van der Waals surface area contributed by atoms with Crippen LogP contribution in [0.3, 0.4) is 0 Å². The summed E-state index contributed by atoms with van der Waals surface area (Å²) in [7, 11) is 0. The van der Waals surface area contributed by atoms with Gasteiger partial charge in [-0.25, -0.2) is 0 Å². The van der Waals surface area contributed by atoms with Gasteiger partial charge in [0, 0.05) is 12.6 Å². The van der Waals surface area contributed by atoms with E-state index in [-0.39, 0.29) is 24.2 Å². The molecule has 2 aliphatic rings. The first-order chi connectivity index (χ1) is 11.5.